The Morgan fingerprint density at radius 2 is 2.00 bits per heavy atom. The Labute approximate surface area is 103 Å². The highest BCUT2D eigenvalue weighted by molar-refractivity contribution is 5.88. The molecule has 1 saturated heterocycles. The van der Waals surface area contributed by atoms with Gasteiger partial charge in [0.15, 0.2) is 0 Å². The van der Waals surface area contributed by atoms with Crippen molar-refractivity contribution in [1.82, 2.24) is 15.1 Å². The van der Waals surface area contributed by atoms with E-state index >= 15 is 0 Å². The molecule has 92 valence electrons. The molecule has 0 spiro atoms. The predicted octanol–water partition coefficient (Wildman–Crippen LogP) is 0.698. The van der Waals surface area contributed by atoms with Gasteiger partial charge in [0, 0.05) is 18.5 Å². The maximum Gasteiger partial charge on any atom is 0.272 e. The summed E-state index contributed by atoms with van der Waals surface area (Å²) >= 11 is 0. The smallest absolute Gasteiger partial charge is 0.272 e. The highest BCUT2D eigenvalue weighted by Gasteiger charge is 2.21. The van der Waals surface area contributed by atoms with Gasteiger partial charge in [0.2, 0.25) is 5.91 Å². The Morgan fingerprint density at radius 1 is 1.28 bits per heavy atom. The summed E-state index contributed by atoms with van der Waals surface area (Å²) < 4.78 is 0. The van der Waals surface area contributed by atoms with E-state index in [2.05, 4.69) is 10.2 Å². The summed E-state index contributed by atoms with van der Waals surface area (Å²) in [5.74, 6) is 0.0750. The fraction of sp³-hybridized carbons (Fsp3) is 0.308. The Balaban J connectivity index is 1.99. The van der Waals surface area contributed by atoms with E-state index in [0.29, 0.717) is 11.1 Å². The average Bonchev–Trinajstić information content (AvgIpc) is 2.31. The van der Waals surface area contributed by atoms with E-state index < -0.39 is 0 Å². The summed E-state index contributed by atoms with van der Waals surface area (Å²) in [6.07, 6.45) is 1.32. The zero-order valence-corrected chi connectivity index (χ0v) is 9.85. The molecule has 0 radical (unpaired) electrons. The zero-order chi connectivity index (χ0) is 12.5. The van der Waals surface area contributed by atoms with Crippen LogP contribution in [0, 0.1) is 0 Å². The largest absolute Gasteiger partial charge is 0.342 e. The number of benzene rings is 1. The summed E-state index contributed by atoms with van der Waals surface area (Å²) in [5, 5.41) is 7.79. The quantitative estimate of drug-likeness (QED) is 0.844. The first-order valence-electron chi connectivity index (χ1n) is 6.00. The second kappa shape index (κ2) is 4.25. The number of fused-ring (bicyclic) bond motifs is 1. The van der Waals surface area contributed by atoms with Crippen LogP contribution in [0.15, 0.2) is 29.1 Å². The van der Waals surface area contributed by atoms with Crippen LogP contribution in [0.4, 0.5) is 0 Å². The highest BCUT2D eigenvalue weighted by atomic mass is 16.2. The minimum absolute atomic E-state index is 0.0750. The normalized spacial score (nSPS) is 14.6. The number of nitrogens with zero attached hydrogens (tertiary/aromatic N) is 2. The third-order valence-electron chi connectivity index (χ3n) is 3.30. The van der Waals surface area contributed by atoms with Crippen molar-refractivity contribution < 1.29 is 4.79 Å². The van der Waals surface area contributed by atoms with E-state index in [1.807, 2.05) is 17.0 Å². The molecule has 0 saturated carbocycles. The van der Waals surface area contributed by atoms with Crippen molar-refractivity contribution >= 4 is 16.7 Å². The van der Waals surface area contributed by atoms with Gasteiger partial charge in [-0.25, -0.2) is 5.10 Å². The van der Waals surface area contributed by atoms with Crippen molar-refractivity contribution in [3.63, 3.8) is 0 Å². The Hall–Kier alpha value is -2.17. The topological polar surface area (TPSA) is 66.1 Å². The van der Waals surface area contributed by atoms with E-state index in [9.17, 15) is 9.59 Å². The molecule has 1 aliphatic heterocycles. The number of H-pyrrole nitrogens is 1. The molecule has 3 rings (SSSR count). The Morgan fingerprint density at radius 3 is 2.67 bits per heavy atom. The van der Waals surface area contributed by atoms with Gasteiger partial charge in [0.25, 0.3) is 5.56 Å². The molecule has 18 heavy (non-hydrogen) atoms. The van der Waals surface area contributed by atoms with Gasteiger partial charge in [0.05, 0.1) is 17.5 Å². The van der Waals surface area contributed by atoms with E-state index in [0.717, 1.165) is 24.9 Å². The predicted molar refractivity (Wildman–Crippen MR) is 67.3 cm³/mol. The van der Waals surface area contributed by atoms with Gasteiger partial charge in [-0.15, -0.1) is 0 Å². The number of amides is 1. The van der Waals surface area contributed by atoms with Gasteiger partial charge >= 0.3 is 0 Å². The lowest BCUT2D eigenvalue weighted by molar-refractivity contribution is -0.133. The second-order valence-electron chi connectivity index (χ2n) is 4.46. The van der Waals surface area contributed by atoms with Gasteiger partial charge in [-0.3, -0.25) is 9.59 Å². The van der Waals surface area contributed by atoms with Gasteiger partial charge in [0.1, 0.15) is 0 Å². The van der Waals surface area contributed by atoms with Gasteiger partial charge < -0.3 is 4.90 Å². The molecule has 5 nitrogen and oxygen atoms in total. The number of nitrogens with one attached hydrogen (secondary N) is 1. The van der Waals surface area contributed by atoms with Crippen LogP contribution in [-0.4, -0.2) is 34.1 Å². The van der Waals surface area contributed by atoms with E-state index in [-0.39, 0.29) is 17.9 Å². The fourth-order valence-corrected chi connectivity index (χ4v) is 2.13. The van der Waals surface area contributed by atoms with Gasteiger partial charge in [-0.05, 0) is 12.5 Å². The molecule has 5 heteroatoms. The molecular formula is C13H13N3O2. The van der Waals surface area contributed by atoms with Crippen molar-refractivity contribution in [2.24, 2.45) is 0 Å². The Kier molecular flexibility index (Phi) is 2.59. The van der Waals surface area contributed by atoms with Gasteiger partial charge in [-0.2, -0.15) is 5.10 Å². The lowest BCUT2D eigenvalue weighted by Crippen LogP contribution is -2.43. The molecule has 1 aromatic heterocycles. The van der Waals surface area contributed by atoms with Crippen LogP contribution in [0.3, 0.4) is 0 Å². The van der Waals surface area contributed by atoms with Crippen LogP contribution in [-0.2, 0) is 11.2 Å². The van der Waals surface area contributed by atoms with E-state index in [4.69, 9.17) is 0 Å². The lowest BCUT2D eigenvalue weighted by Gasteiger charge is -2.30. The summed E-state index contributed by atoms with van der Waals surface area (Å²) in [6.45, 7) is 1.67. The maximum absolute atomic E-state index is 11.9. The molecule has 0 aliphatic carbocycles. The number of aromatic amines is 1. The molecule has 1 fully saturated rings. The first kappa shape index (κ1) is 11.0. The molecule has 2 aromatic rings. The fourth-order valence-electron chi connectivity index (χ4n) is 2.13. The first-order valence-corrected chi connectivity index (χ1v) is 6.00. The number of carbonyl (C=O) groups excluding carboxylic acids is 1. The maximum atomic E-state index is 11.9. The molecule has 0 unspecified atom stereocenters. The van der Waals surface area contributed by atoms with Crippen molar-refractivity contribution in [2.75, 3.05) is 13.1 Å². The monoisotopic (exact) mass is 243 g/mol. The van der Waals surface area contributed by atoms with Crippen molar-refractivity contribution in [3.8, 4) is 0 Å². The van der Waals surface area contributed by atoms with Crippen molar-refractivity contribution in [1.29, 1.82) is 0 Å². The van der Waals surface area contributed by atoms with E-state index in [1.54, 1.807) is 12.1 Å². The summed E-state index contributed by atoms with van der Waals surface area (Å²) in [5.41, 5.74) is 0.424. The molecular weight excluding hydrogens is 230 g/mol. The molecule has 0 bridgehead atoms. The summed E-state index contributed by atoms with van der Waals surface area (Å²) in [6, 6.07) is 7.23. The molecule has 1 aliphatic rings. The third kappa shape index (κ3) is 1.77. The van der Waals surface area contributed by atoms with Gasteiger partial charge in [-0.1, -0.05) is 18.2 Å². The number of hydrogen-bond acceptors (Lipinski definition) is 3. The van der Waals surface area contributed by atoms with Crippen molar-refractivity contribution in [2.45, 2.75) is 12.8 Å². The number of rotatable bonds is 2. The Bertz CT molecular complexity index is 659. The molecule has 1 amide bonds. The molecule has 1 aromatic carbocycles. The molecule has 0 atom stereocenters. The molecule has 2 heterocycles. The zero-order valence-electron chi connectivity index (χ0n) is 9.85. The average molecular weight is 243 g/mol. The van der Waals surface area contributed by atoms with E-state index in [1.165, 1.54) is 0 Å². The SMILES string of the molecule is O=C(Cc1n[nH]c(=O)c2ccccc12)N1CCC1. The molecule has 1 N–H and O–H groups in total. The van der Waals surface area contributed by atoms with Crippen LogP contribution in [0.2, 0.25) is 0 Å². The van der Waals surface area contributed by atoms with Crippen LogP contribution in [0.5, 0.6) is 0 Å². The number of carbonyl (C=O) groups is 1. The highest BCUT2D eigenvalue weighted by Crippen LogP contribution is 2.15. The first-order chi connectivity index (χ1) is 8.75. The van der Waals surface area contributed by atoms with Crippen LogP contribution in [0.1, 0.15) is 12.1 Å². The van der Waals surface area contributed by atoms with Crippen LogP contribution in [0.25, 0.3) is 10.8 Å². The number of likely N-dealkylation sites (tertiary alicyclic amines) is 1. The second-order valence-corrected chi connectivity index (χ2v) is 4.46. The minimum Gasteiger partial charge on any atom is -0.342 e. The number of aromatic nitrogens is 2. The lowest BCUT2D eigenvalue weighted by atomic mass is 10.1. The summed E-state index contributed by atoms with van der Waals surface area (Å²) in [7, 11) is 0. The minimum atomic E-state index is -0.217. The van der Waals surface area contributed by atoms with Crippen LogP contribution < -0.4 is 5.56 Å². The van der Waals surface area contributed by atoms with Crippen molar-refractivity contribution in [3.05, 3.63) is 40.3 Å². The summed E-state index contributed by atoms with van der Waals surface area (Å²) in [4.78, 5) is 25.3. The standard InChI is InChI=1S/C13H13N3O2/c17-12(16-6-3-7-16)8-11-9-4-1-2-5-10(9)13(18)15-14-11/h1-2,4-5H,3,6-8H2,(H,15,18). The third-order valence-corrected chi connectivity index (χ3v) is 3.30. The number of hydrogen-bond donors (Lipinski definition) is 1. The van der Waals surface area contributed by atoms with Crippen LogP contribution >= 0.6 is 0 Å².